The van der Waals surface area contributed by atoms with Gasteiger partial charge in [0.25, 0.3) is 0 Å². The first-order valence-corrected chi connectivity index (χ1v) is 6.14. The molecule has 0 aliphatic heterocycles. The fourth-order valence-corrected chi connectivity index (χ4v) is 1.99. The minimum absolute atomic E-state index is 0. The summed E-state index contributed by atoms with van der Waals surface area (Å²) in [7, 11) is 3.86. The Morgan fingerprint density at radius 2 is 1.95 bits per heavy atom. The lowest BCUT2D eigenvalue weighted by Crippen LogP contribution is -2.08. The molecule has 1 aromatic heterocycles. The molecule has 0 atom stereocenters. The van der Waals surface area contributed by atoms with Gasteiger partial charge in [-0.2, -0.15) is 5.10 Å². The van der Waals surface area contributed by atoms with Crippen LogP contribution < -0.4 is 5.32 Å². The van der Waals surface area contributed by atoms with Crippen LogP contribution in [0.3, 0.4) is 0 Å². The number of rotatable bonds is 5. The maximum absolute atomic E-state index is 12.9. The molecule has 0 amide bonds. The summed E-state index contributed by atoms with van der Waals surface area (Å²) in [5.74, 6) is -0.213. The predicted octanol–water partition coefficient (Wildman–Crippen LogP) is 1.55. The van der Waals surface area contributed by atoms with E-state index >= 15 is 0 Å². The van der Waals surface area contributed by atoms with Crippen molar-refractivity contribution in [1.82, 2.24) is 15.1 Å². The Morgan fingerprint density at radius 1 is 1.26 bits per heavy atom. The number of aromatic nitrogens is 2. The Labute approximate surface area is 112 Å². The summed E-state index contributed by atoms with van der Waals surface area (Å²) in [5, 5.41) is 7.60. The van der Waals surface area contributed by atoms with Crippen LogP contribution in [0.4, 0.5) is 4.39 Å². The topological polar surface area (TPSA) is 61.4 Å². The number of hydrogen-bond donors (Lipinski definition) is 1. The van der Waals surface area contributed by atoms with Gasteiger partial charge in [0.1, 0.15) is 5.82 Å². The Balaban J connectivity index is 0.00000180. The molecule has 19 heavy (non-hydrogen) atoms. The third-order valence-electron chi connectivity index (χ3n) is 2.93. The molecule has 2 aromatic rings. The van der Waals surface area contributed by atoms with Crippen LogP contribution in [0.25, 0.3) is 11.3 Å². The lowest BCUT2D eigenvalue weighted by atomic mass is 10.1. The van der Waals surface area contributed by atoms with Crippen molar-refractivity contribution in [3.63, 3.8) is 0 Å². The summed E-state index contributed by atoms with van der Waals surface area (Å²) >= 11 is 0. The van der Waals surface area contributed by atoms with Gasteiger partial charge >= 0.3 is 0 Å². The zero-order valence-electron chi connectivity index (χ0n) is 11.3. The van der Waals surface area contributed by atoms with Crippen molar-refractivity contribution in [2.45, 2.75) is 12.8 Å². The third-order valence-corrected chi connectivity index (χ3v) is 2.93. The fraction of sp³-hybridized carbons (Fsp3) is 0.357. The van der Waals surface area contributed by atoms with E-state index in [1.165, 1.54) is 12.1 Å². The number of nitrogens with one attached hydrogen (secondary N) is 1. The summed E-state index contributed by atoms with van der Waals surface area (Å²) in [4.78, 5) is 0. The van der Waals surface area contributed by atoms with Gasteiger partial charge in [-0.1, -0.05) is 0 Å². The quantitative estimate of drug-likeness (QED) is 0.834. The van der Waals surface area contributed by atoms with E-state index in [2.05, 4.69) is 16.5 Å². The zero-order chi connectivity index (χ0) is 13.0. The van der Waals surface area contributed by atoms with Crippen LogP contribution in [-0.2, 0) is 13.5 Å². The van der Waals surface area contributed by atoms with Gasteiger partial charge in [0.2, 0.25) is 0 Å². The Hall–Kier alpha value is -1.72. The lowest BCUT2D eigenvalue weighted by molar-refractivity contribution is 0.628. The van der Waals surface area contributed by atoms with E-state index in [9.17, 15) is 4.39 Å². The molecular formula is C14H20FN3O. The van der Waals surface area contributed by atoms with E-state index in [-0.39, 0.29) is 11.3 Å². The first kappa shape index (κ1) is 15.3. The molecule has 0 fully saturated rings. The van der Waals surface area contributed by atoms with Crippen molar-refractivity contribution in [2.75, 3.05) is 13.6 Å². The summed E-state index contributed by atoms with van der Waals surface area (Å²) < 4.78 is 14.7. The van der Waals surface area contributed by atoms with Crippen molar-refractivity contribution in [2.24, 2.45) is 7.05 Å². The van der Waals surface area contributed by atoms with Crippen LogP contribution in [0.15, 0.2) is 30.3 Å². The fourth-order valence-electron chi connectivity index (χ4n) is 1.99. The maximum Gasteiger partial charge on any atom is 0.123 e. The van der Waals surface area contributed by atoms with Gasteiger partial charge in [0.15, 0.2) is 0 Å². The molecule has 1 aromatic carbocycles. The standard InChI is InChI=1S/C14H18FN3.H2O/c1-16-9-3-4-13-10-14(18(2)17-13)11-5-7-12(15)8-6-11;/h5-8,10,16H,3-4,9H2,1-2H3;1H2. The molecule has 104 valence electrons. The van der Waals surface area contributed by atoms with E-state index < -0.39 is 0 Å². The molecule has 0 unspecified atom stereocenters. The predicted molar refractivity (Wildman–Crippen MR) is 74.5 cm³/mol. The first-order chi connectivity index (χ1) is 8.70. The van der Waals surface area contributed by atoms with Crippen LogP contribution in [0.1, 0.15) is 12.1 Å². The number of hydrogen-bond acceptors (Lipinski definition) is 2. The lowest BCUT2D eigenvalue weighted by Gasteiger charge is -2.00. The van der Waals surface area contributed by atoms with E-state index in [4.69, 9.17) is 0 Å². The zero-order valence-corrected chi connectivity index (χ0v) is 11.3. The number of nitrogens with zero attached hydrogens (tertiary/aromatic N) is 2. The van der Waals surface area contributed by atoms with Gasteiger partial charge in [-0.05, 0) is 62.3 Å². The molecule has 3 N–H and O–H groups in total. The molecular weight excluding hydrogens is 245 g/mol. The Bertz CT molecular complexity index is 508. The van der Waals surface area contributed by atoms with Gasteiger partial charge in [-0.15, -0.1) is 0 Å². The summed E-state index contributed by atoms with van der Waals surface area (Å²) in [6, 6.07) is 8.59. The Kier molecular flexibility index (Phi) is 5.66. The molecule has 0 aliphatic rings. The number of aryl methyl sites for hydroxylation is 2. The van der Waals surface area contributed by atoms with Gasteiger partial charge in [-0.3, -0.25) is 4.68 Å². The van der Waals surface area contributed by atoms with Crippen LogP contribution in [-0.4, -0.2) is 28.8 Å². The highest BCUT2D eigenvalue weighted by molar-refractivity contribution is 5.59. The molecule has 0 saturated heterocycles. The molecule has 0 aliphatic carbocycles. The van der Waals surface area contributed by atoms with Gasteiger partial charge < -0.3 is 10.8 Å². The Morgan fingerprint density at radius 3 is 2.58 bits per heavy atom. The highest BCUT2D eigenvalue weighted by Crippen LogP contribution is 2.20. The van der Waals surface area contributed by atoms with E-state index in [0.717, 1.165) is 36.3 Å². The summed E-state index contributed by atoms with van der Waals surface area (Å²) in [5.41, 5.74) is 3.09. The molecule has 2 rings (SSSR count). The highest BCUT2D eigenvalue weighted by Gasteiger charge is 2.07. The van der Waals surface area contributed by atoms with E-state index in [1.54, 1.807) is 12.1 Å². The van der Waals surface area contributed by atoms with Crippen molar-refractivity contribution < 1.29 is 9.87 Å². The van der Waals surface area contributed by atoms with Crippen LogP contribution in [0, 0.1) is 5.82 Å². The molecule has 0 saturated carbocycles. The van der Waals surface area contributed by atoms with Crippen molar-refractivity contribution >= 4 is 0 Å². The second kappa shape index (κ2) is 7.01. The molecule has 5 heteroatoms. The number of benzene rings is 1. The SMILES string of the molecule is CNCCCc1cc(-c2ccc(F)cc2)n(C)n1.O. The first-order valence-electron chi connectivity index (χ1n) is 6.14. The van der Waals surface area contributed by atoms with Crippen LogP contribution in [0.5, 0.6) is 0 Å². The van der Waals surface area contributed by atoms with Crippen LogP contribution in [0.2, 0.25) is 0 Å². The summed E-state index contributed by atoms with van der Waals surface area (Å²) in [6.45, 7) is 0.989. The summed E-state index contributed by atoms with van der Waals surface area (Å²) in [6.07, 6.45) is 2.02. The van der Waals surface area contributed by atoms with Gasteiger partial charge in [0.05, 0.1) is 11.4 Å². The van der Waals surface area contributed by atoms with Gasteiger partial charge in [-0.25, -0.2) is 4.39 Å². The molecule has 0 bridgehead atoms. The average Bonchev–Trinajstić information content (AvgIpc) is 2.72. The van der Waals surface area contributed by atoms with Gasteiger partial charge in [0, 0.05) is 7.05 Å². The second-order valence-corrected chi connectivity index (χ2v) is 4.36. The van der Waals surface area contributed by atoms with Crippen molar-refractivity contribution in [3.05, 3.63) is 41.8 Å². The monoisotopic (exact) mass is 265 g/mol. The maximum atomic E-state index is 12.9. The number of halogens is 1. The van der Waals surface area contributed by atoms with E-state index in [0.29, 0.717) is 0 Å². The largest absolute Gasteiger partial charge is 0.412 e. The van der Waals surface area contributed by atoms with E-state index in [1.807, 2.05) is 18.8 Å². The molecule has 1 heterocycles. The second-order valence-electron chi connectivity index (χ2n) is 4.36. The molecule has 0 spiro atoms. The smallest absolute Gasteiger partial charge is 0.123 e. The minimum Gasteiger partial charge on any atom is -0.412 e. The molecule has 4 nitrogen and oxygen atoms in total. The normalized spacial score (nSPS) is 10.3. The van der Waals surface area contributed by atoms with Crippen molar-refractivity contribution in [1.29, 1.82) is 0 Å². The average molecular weight is 265 g/mol. The molecule has 0 radical (unpaired) electrons. The third kappa shape index (κ3) is 3.87. The highest BCUT2D eigenvalue weighted by atomic mass is 19.1. The minimum atomic E-state index is -0.213. The van der Waals surface area contributed by atoms with Crippen molar-refractivity contribution in [3.8, 4) is 11.3 Å². The van der Waals surface area contributed by atoms with Crippen LogP contribution >= 0.6 is 0 Å².